The molecule has 1 aliphatic rings. The summed E-state index contributed by atoms with van der Waals surface area (Å²) in [5, 5.41) is 9.43. The number of hydrogen-bond acceptors (Lipinski definition) is 3. The molecule has 0 amide bonds. The normalized spacial score (nSPS) is 13.6. The maximum atomic E-state index is 9.43. The monoisotopic (exact) mass is 236 g/mol. The largest absolute Gasteiger partial charge is 0.468 e. The zero-order chi connectivity index (χ0) is 12.8. The molecule has 0 bridgehead atoms. The molecule has 17 heavy (non-hydrogen) atoms. The lowest BCUT2D eigenvalue weighted by atomic mass is 10.0. The van der Waals surface area contributed by atoms with Crippen molar-refractivity contribution in [3.63, 3.8) is 0 Å². The summed E-state index contributed by atoms with van der Waals surface area (Å²) in [7, 11) is 0. The summed E-state index contributed by atoms with van der Waals surface area (Å²) in [4.78, 5) is 9.18. The first-order chi connectivity index (χ1) is 8.08. The summed E-state index contributed by atoms with van der Waals surface area (Å²) in [5.74, 6) is 0. The summed E-state index contributed by atoms with van der Waals surface area (Å²) in [6, 6.07) is 4.42. The van der Waals surface area contributed by atoms with Gasteiger partial charge in [-0.05, 0) is 55.9 Å². The van der Waals surface area contributed by atoms with Gasteiger partial charge in [0.2, 0.25) is 0 Å². The number of carbonyl (C=O) groups excluding carboxylic acids is 1. The van der Waals surface area contributed by atoms with E-state index < -0.39 is 0 Å². The van der Waals surface area contributed by atoms with Crippen molar-refractivity contribution in [1.82, 2.24) is 0 Å². The third kappa shape index (κ3) is 3.86. The third-order valence-corrected chi connectivity index (χ3v) is 2.96. The summed E-state index contributed by atoms with van der Waals surface area (Å²) < 4.78 is 4.15. The van der Waals surface area contributed by atoms with Gasteiger partial charge >= 0.3 is 0 Å². The Morgan fingerprint density at radius 2 is 1.76 bits per heavy atom. The Morgan fingerprint density at radius 1 is 1.29 bits per heavy atom. The quantitative estimate of drug-likeness (QED) is 0.798. The first-order valence-electron chi connectivity index (χ1n) is 5.90. The number of fused-ring (bicyclic) bond motifs is 1. The van der Waals surface area contributed by atoms with Gasteiger partial charge in [-0.15, -0.1) is 0 Å². The van der Waals surface area contributed by atoms with Crippen LogP contribution >= 0.6 is 0 Å². The number of hydrogen-bond donors (Lipinski definition) is 1. The van der Waals surface area contributed by atoms with Crippen LogP contribution in [0.5, 0.6) is 0 Å². The van der Waals surface area contributed by atoms with Crippen LogP contribution in [0.3, 0.4) is 0 Å². The molecule has 0 saturated carbocycles. The van der Waals surface area contributed by atoms with Crippen LogP contribution in [0.4, 0.5) is 0 Å². The number of benzene rings is 1. The fourth-order valence-electron chi connectivity index (χ4n) is 1.96. The molecule has 0 aromatic heterocycles. The average molecular weight is 236 g/mol. The third-order valence-electron chi connectivity index (χ3n) is 2.96. The number of aliphatic hydroxyl groups is 1. The molecule has 0 spiro atoms. The predicted octanol–water partition coefficient (Wildman–Crippen LogP) is 1.94. The highest BCUT2D eigenvalue weighted by molar-refractivity contribution is 5.40. The molecule has 3 nitrogen and oxygen atoms in total. The van der Waals surface area contributed by atoms with E-state index in [0.717, 1.165) is 12.8 Å². The van der Waals surface area contributed by atoms with Crippen molar-refractivity contribution < 1.29 is 14.6 Å². The van der Waals surface area contributed by atoms with Crippen LogP contribution in [-0.4, -0.2) is 24.3 Å². The van der Waals surface area contributed by atoms with Crippen molar-refractivity contribution in [2.45, 2.75) is 39.7 Å². The van der Waals surface area contributed by atoms with E-state index in [9.17, 15) is 9.90 Å². The lowest BCUT2D eigenvalue weighted by Crippen LogP contribution is -2.03. The highest BCUT2D eigenvalue weighted by Crippen LogP contribution is 2.25. The maximum Gasteiger partial charge on any atom is 0.293 e. The van der Waals surface area contributed by atoms with Gasteiger partial charge in [0, 0.05) is 0 Å². The number of carbonyl (C=O) groups is 1. The Bertz CT molecular complexity index is 354. The van der Waals surface area contributed by atoms with Gasteiger partial charge in [-0.2, -0.15) is 0 Å². The molecular formula is C14H20O3. The van der Waals surface area contributed by atoms with Crippen LogP contribution in [0.2, 0.25) is 0 Å². The van der Waals surface area contributed by atoms with E-state index in [1.165, 1.54) is 22.3 Å². The number of aliphatic hydroxyl groups excluding tert-OH is 1. The van der Waals surface area contributed by atoms with Crippen LogP contribution in [0.15, 0.2) is 12.1 Å². The van der Waals surface area contributed by atoms with E-state index in [2.05, 4.69) is 30.7 Å². The van der Waals surface area contributed by atoms with Crippen LogP contribution in [0, 0.1) is 13.8 Å². The molecule has 0 unspecified atom stereocenters. The average Bonchev–Trinajstić information content (AvgIpc) is 2.60. The van der Waals surface area contributed by atoms with E-state index in [-0.39, 0.29) is 6.10 Å². The van der Waals surface area contributed by atoms with Crippen LogP contribution in [-0.2, 0) is 22.4 Å². The molecule has 0 fully saturated rings. The van der Waals surface area contributed by atoms with Crippen molar-refractivity contribution in [1.29, 1.82) is 0 Å². The zero-order valence-corrected chi connectivity index (χ0v) is 10.7. The Morgan fingerprint density at radius 3 is 2.06 bits per heavy atom. The summed E-state index contributed by atoms with van der Waals surface area (Å²) >= 11 is 0. The van der Waals surface area contributed by atoms with Crippen LogP contribution in [0.1, 0.15) is 29.2 Å². The van der Waals surface area contributed by atoms with Gasteiger partial charge in [-0.25, -0.2) is 0 Å². The second-order valence-electron chi connectivity index (χ2n) is 4.32. The second kappa shape index (κ2) is 6.40. The zero-order valence-electron chi connectivity index (χ0n) is 10.7. The Labute approximate surface area is 102 Å². The molecule has 2 rings (SSSR count). The molecular weight excluding hydrogens is 216 g/mol. The van der Waals surface area contributed by atoms with E-state index >= 15 is 0 Å². The number of ether oxygens (including phenoxy) is 1. The van der Waals surface area contributed by atoms with E-state index in [4.69, 9.17) is 0 Å². The molecule has 1 aliphatic carbocycles. The molecule has 0 heterocycles. The van der Waals surface area contributed by atoms with Gasteiger partial charge < -0.3 is 9.84 Å². The molecule has 0 aliphatic heterocycles. The Balaban J connectivity index is 0.000000249. The minimum Gasteiger partial charge on any atom is -0.468 e. The van der Waals surface area contributed by atoms with E-state index in [1.807, 2.05) is 0 Å². The first kappa shape index (κ1) is 13.7. The fraction of sp³-hybridized carbons (Fsp3) is 0.500. The standard InChI is InChI=1S/C11H14O.C3H6O2/c1-7-3-9-5-11(12)6-10(9)4-8(7)2;1-2-5-3-4/h3-4,11-12H,5-6H2,1-2H3;3H,2H2,1H3. The maximum absolute atomic E-state index is 9.43. The smallest absolute Gasteiger partial charge is 0.293 e. The second-order valence-corrected chi connectivity index (χ2v) is 4.32. The number of rotatable bonds is 2. The molecule has 0 atom stereocenters. The van der Waals surface area contributed by atoms with Crippen molar-refractivity contribution in [3.05, 3.63) is 34.4 Å². The highest BCUT2D eigenvalue weighted by atomic mass is 16.5. The van der Waals surface area contributed by atoms with Gasteiger partial charge in [0.15, 0.2) is 0 Å². The SMILES string of the molecule is CCOC=O.Cc1cc2c(cc1C)CC(O)C2. The summed E-state index contributed by atoms with van der Waals surface area (Å²) in [6.07, 6.45) is 1.55. The van der Waals surface area contributed by atoms with Crippen molar-refractivity contribution in [2.24, 2.45) is 0 Å². The van der Waals surface area contributed by atoms with Gasteiger partial charge in [-0.3, -0.25) is 4.79 Å². The minimum atomic E-state index is -0.138. The minimum absolute atomic E-state index is 0.138. The van der Waals surface area contributed by atoms with Crippen molar-refractivity contribution in [2.75, 3.05) is 6.61 Å². The molecule has 1 aromatic rings. The molecule has 0 saturated heterocycles. The fourth-order valence-corrected chi connectivity index (χ4v) is 1.96. The summed E-state index contributed by atoms with van der Waals surface area (Å²) in [5.41, 5.74) is 5.35. The number of aryl methyl sites for hydroxylation is 2. The van der Waals surface area contributed by atoms with Crippen molar-refractivity contribution in [3.8, 4) is 0 Å². The molecule has 3 heteroatoms. The predicted molar refractivity (Wildman–Crippen MR) is 67.0 cm³/mol. The highest BCUT2D eigenvalue weighted by Gasteiger charge is 2.19. The molecule has 1 aromatic carbocycles. The first-order valence-corrected chi connectivity index (χ1v) is 5.90. The Kier molecular flexibility index (Phi) is 5.16. The molecule has 94 valence electrons. The summed E-state index contributed by atoms with van der Waals surface area (Å²) in [6.45, 7) is 6.92. The van der Waals surface area contributed by atoms with E-state index in [0.29, 0.717) is 13.1 Å². The Hall–Kier alpha value is -1.35. The van der Waals surface area contributed by atoms with Gasteiger partial charge in [-0.1, -0.05) is 12.1 Å². The van der Waals surface area contributed by atoms with E-state index in [1.54, 1.807) is 6.92 Å². The lowest BCUT2D eigenvalue weighted by molar-refractivity contribution is -0.128. The topological polar surface area (TPSA) is 46.5 Å². The van der Waals surface area contributed by atoms with Gasteiger partial charge in [0.25, 0.3) is 6.47 Å². The van der Waals surface area contributed by atoms with Gasteiger partial charge in [0.1, 0.15) is 0 Å². The van der Waals surface area contributed by atoms with Crippen LogP contribution in [0.25, 0.3) is 0 Å². The van der Waals surface area contributed by atoms with Gasteiger partial charge in [0.05, 0.1) is 12.7 Å². The molecule has 1 N–H and O–H groups in total. The van der Waals surface area contributed by atoms with Crippen molar-refractivity contribution >= 4 is 6.47 Å². The van der Waals surface area contributed by atoms with Crippen LogP contribution < -0.4 is 0 Å². The lowest BCUT2D eigenvalue weighted by Gasteiger charge is -2.03. The molecule has 0 radical (unpaired) electrons.